The second-order valence-electron chi connectivity index (χ2n) is 4.81. The Kier molecular flexibility index (Phi) is 4.78. The summed E-state index contributed by atoms with van der Waals surface area (Å²) in [7, 11) is 0. The monoisotopic (exact) mass is 227 g/mol. The van der Waals surface area contributed by atoms with Gasteiger partial charge in [0.15, 0.2) is 0 Å². The van der Waals surface area contributed by atoms with Crippen molar-refractivity contribution in [3.05, 3.63) is 0 Å². The van der Waals surface area contributed by atoms with Crippen LogP contribution < -0.4 is 0 Å². The maximum Gasteiger partial charge on any atom is 0.325 e. The van der Waals surface area contributed by atoms with E-state index >= 15 is 0 Å². The third kappa shape index (κ3) is 2.57. The quantitative estimate of drug-likeness (QED) is 0.494. The fourth-order valence-corrected chi connectivity index (χ4v) is 2.60. The first kappa shape index (κ1) is 13.5. The average Bonchev–Trinajstić information content (AvgIpc) is 2.81. The van der Waals surface area contributed by atoms with Gasteiger partial charge in [-0.05, 0) is 33.2 Å². The zero-order chi connectivity index (χ0) is 12.2. The van der Waals surface area contributed by atoms with E-state index in [4.69, 9.17) is 4.74 Å². The number of rotatable bonds is 7. The van der Waals surface area contributed by atoms with Crippen molar-refractivity contribution in [3.8, 4) is 0 Å². The molecule has 0 N–H and O–H groups in total. The van der Waals surface area contributed by atoms with Gasteiger partial charge in [0.2, 0.25) is 0 Å². The van der Waals surface area contributed by atoms with Crippen molar-refractivity contribution >= 4 is 5.97 Å². The molecule has 0 aromatic heterocycles. The number of ether oxygens (including phenoxy) is 1. The minimum Gasteiger partial charge on any atom is -0.465 e. The molecule has 0 aromatic carbocycles. The number of carbonyl (C=O) groups is 1. The molecule has 1 aliphatic rings. The molecule has 0 saturated carbocycles. The van der Waals surface area contributed by atoms with Crippen LogP contribution in [-0.2, 0) is 9.53 Å². The molecule has 3 nitrogen and oxygen atoms in total. The van der Waals surface area contributed by atoms with Crippen LogP contribution in [0.5, 0.6) is 0 Å². The standard InChI is InChI=1S/C13H25NO2/c1-5-8-10-14-11(12(15)16-7-3)13(14,4)9-6-2/h11H,5-10H2,1-4H3. The SMILES string of the molecule is CCCCN1C(C(=O)OCC)C1(C)CCC. The van der Waals surface area contributed by atoms with Crippen molar-refractivity contribution in [2.75, 3.05) is 13.2 Å². The van der Waals surface area contributed by atoms with E-state index in [2.05, 4.69) is 25.7 Å². The highest BCUT2D eigenvalue weighted by atomic mass is 16.5. The molecule has 1 fully saturated rings. The van der Waals surface area contributed by atoms with E-state index in [9.17, 15) is 4.79 Å². The van der Waals surface area contributed by atoms with E-state index in [1.54, 1.807) is 0 Å². The lowest BCUT2D eigenvalue weighted by Gasteiger charge is -2.09. The van der Waals surface area contributed by atoms with E-state index in [0.29, 0.717) is 6.61 Å². The second kappa shape index (κ2) is 5.67. The molecule has 1 heterocycles. The van der Waals surface area contributed by atoms with Gasteiger partial charge in [0.25, 0.3) is 0 Å². The fraction of sp³-hybridized carbons (Fsp3) is 0.923. The Labute approximate surface area is 99.1 Å². The predicted molar refractivity (Wildman–Crippen MR) is 65.3 cm³/mol. The molecule has 0 amide bonds. The lowest BCUT2D eigenvalue weighted by Crippen LogP contribution is -2.19. The summed E-state index contributed by atoms with van der Waals surface area (Å²) in [4.78, 5) is 14.1. The molecule has 0 spiro atoms. The Morgan fingerprint density at radius 2 is 2.00 bits per heavy atom. The Morgan fingerprint density at radius 3 is 2.50 bits per heavy atom. The number of carbonyl (C=O) groups excluding carboxylic acids is 1. The topological polar surface area (TPSA) is 29.3 Å². The Hall–Kier alpha value is -0.570. The zero-order valence-electron chi connectivity index (χ0n) is 11.1. The Balaban J connectivity index is 2.56. The minimum atomic E-state index is -0.0328. The first-order chi connectivity index (χ1) is 7.61. The molecule has 0 radical (unpaired) electrons. The van der Waals surface area contributed by atoms with E-state index < -0.39 is 0 Å². The van der Waals surface area contributed by atoms with Crippen LogP contribution in [0, 0.1) is 0 Å². The van der Waals surface area contributed by atoms with E-state index in [-0.39, 0.29) is 17.6 Å². The number of hydrogen-bond donors (Lipinski definition) is 0. The molecular weight excluding hydrogens is 202 g/mol. The van der Waals surface area contributed by atoms with Crippen LogP contribution in [0.25, 0.3) is 0 Å². The van der Waals surface area contributed by atoms with Gasteiger partial charge in [-0.25, -0.2) is 0 Å². The Bertz CT molecular complexity index is 242. The summed E-state index contributed by atoms with van der Waals surface area (Å²) in [6.07, 6.45) is 4.54. The van der Waals surface area contributed by atoms with Crippen molar-refractivity contribution in [2.24, 2.45) is 0 Å². The van der Waals surface area contributed by atoms with Crippen LogP contribution in [0.4, 0.5) is 0 Å². The summed E-state index contributed by atoms with van der Waals surface area (Å²) >= 11 is 0. The van der Waals surface area contributed by atoms with Gasteiger partial charge < -0.3 is 4.74 Å². The van der Waals surface area contributed by atoms with Gasteiger partial charge in [0, 0.05) is 5.54 Å². The summed E-state index contributed by atoms with van der Waals surface area (Å²) < 4.78 is 5.14. The lowest BCUT2D eigenvalue weighted by molar-refractivity contribution is -0.143. The molecular formula is C13H25NO2. The van der Waals surface area contributed by atoms with E-state index in [1.807, 2.05) is 6.92 Å². The molecule has 1 aliphatic heterocycles. The fourth-order valence-electron chi connectivity index (χ4n) is 2.60. The number of hydrogen-bond acceptors (Lipinski definition) is 3. The number of nitrogens with zero attached hydrogens (tertiary/aromatic N) is 1. The van der Waals surface area contributed by atoms with Crippen molar-refractivity contribution in [2.45, 2.75) is 65.0 Å². The second-order valence-corrected chi connectivity index (χ2v) is 4.81. The molecule has 16 heavy (non-hydrogen) atoms. The first-order valence-corrected chi connectivity index (χ1v) is 6.55. The normalized spacial score (nSPS) is 32.5. The van der Waals surface area contributed by atoms with Crippen LogP contribution in [0.1, 0.15) is 53.4 Å². The van der Waals surface area contributed by atoms with E-state index in [0.717, 1.165) is 25.8 Å². The summed E-state index contributed by atoms with van der Waals surface area (Å²) in [6.45, 7) is 9.92. The summed E-state index contributed by atoms with van der Waals surface area (Å²) in [5, 5.41) is 0. The van der Waals surface area contributed by atoms with Gasteiger partial charge in [0.05, 0.1) is 6.61 Å². The number of unbranched alkanes of at least 4 members (excludes halogenated alkanes) is 1. The Morgan fingerprint density at radius 1 is 1.31 bits per heavy atom. The maximum atomic E-state index is 11.8. The van der Waals surface area contributed by atoms with Gasteiger partial charge >= 0.3 is 5.97 Å². The lowest BCUT2D eigenvalue weighted by atomic mass is 10.0. The molecule has 0 aliphatic carbocycles. The molecule has 94 valence electrons. The summed E-state index contributed by atoms with van der Waals surface area (Å²) in [5.41, 5.74) is 0.0656. The van der Waals surface area contributed by atoms with Gasteiger partial charge in [-0.1, -0.05) is 26.7 Å². The van der Waals surface area contributed by atoms with Gasteiger partial charge in [-0.2, -0.15) is 0 Å². The summed E-state index contributed by atoms with van der Waals surface area (Å²) in [6, 6.07) is 0.0129. The van der Waals surface area contributed by atoms with Crippen LogP contribution in [0.15, 0.2) is 0 Å². The van der Waals surface area contributed by atoms with Gasteiger partial charge in [-0.15, -0.1) is 0 Å². The van der Waals surface area contributed by atoms with Gasteiger partial charge in [0.1, 0.15) is 6.04 Å². The molecule has 3 atom stereocenters. The number of esters is 1. The molecule has 3 unspecified atom stereocenters. The van der Waals surface area contributed by atoms with Crippen molar-refractivity contribution < 1.29 is 9.53 Å². The molecule has 1 rings (SSSR count). The molecule has 3 heteroatoms. The first-order valence-electron chi connectivity index (χ1n) is 6.55. The largest absolute Gasteiger partial charge is 0.465 e. The smallest absolute Gasteiger partial charge is 0.325 e. The third-order valence-corrected chi connectivity index (χ3v) is 3.51. The van der Waals surface area contributed by atoms with Crippen LogP contribution >= 0.6 is 0 Å². The van der Waals surface area contributed by atoms with Crippen molar-refractivity contribution in [1.82, 2.24) is 4.90 Å². The highest BCUT2D eigenvalue weighted by molar-refractivity contribution is 5.81. The van der Waals surface area contributed by atoms with Crippen LogP contribution in [-0.4, -0.2) is 35.6 Å². The molecule has 0 aromatic rings. The van der Waals surface area contributed by atoms with Gasteiger partial charge in [-0.3, -0.25) is 9.69 Å². The third-order valence-electron chi connectivity index (χ3n) is 3.51. The maximum absolute atomic E-state index is 11.8. The summed E-state index contributed by atoms with van der Waals surface area (Å²) in [5.74, 6) is -0.0328. The van der Waals surface area contributed by atoms with Crippen LogP contribution in [0.3, 0.4) is 0 Å². The van der Waals surface area contributed by atoms with E-state index in [1.165, 1.54) is 6.42 Å². The zero-order valence-corrected chi connectivity index (χ0v) is 11.1. The van der Waals surface area contributed by atoms with Crippen LogP contribution in [0.2, 0.25) is 0 Å². The molecule has 0 bridgehead atoms. The molecule has 1 saturated heterocycles. The average molecular weight is 227 g/mol. The highest BCUT2D eigenvalue weighted by Crippen LogP contribution is 2.45. The highest BCUT2D eigenvalue weighted by Gasteiger charge is 2.62. The predicted octanol–water partition coefficient (Wildman–Crippen LogP) is 2.59. The van der Waals surface area contributed by atoms with Crippen molar-refractivity contribution in [3.63, 3.8) is 0 Å². The minimum absolute atomic E-state index is 0.0129. The van der Waals surface area contributed by atoms with Crippen molar-refractivity contribution in [1.29, 1.82) is 0 Å².